The Balaban J connectivity index is 1.81. The van der Waals surface area contributed by atoms with E-state index in [1.54, 1.807) is 37.3 Å². The summed E-state index contributed by atoms with van der Waals surface area (Å²) in [6.07, 6.45) is 3.29. The predicted octanol–water partition coefficient (Wildman–Crippen LogP) is 5.16. The van der Waals surface area contributed by atoms with Crippen molar-refractivity contribution in [3.63, 3.8) is 0 Å². The molecule has 1 aromatic carbocycles. The molecule has 3 rings (SSSR count). The van der Waals surface area contributed by atoms with Gasteiger partial charge in [0.2, 0.25) is 5.91 Å². The molecule has 0 radical (unpaired) electrons. The van der Waals surface area contributed by atoms with Gasteiger partial charge in [0.25, 0.3) is 5.91 Å². The van der Waals surface area contributed by atoms with Crippen LogP contribution in [-0.4, -0.2) is 106 Å². The van der Waals surface area contributed by atoms with Crippen molar-refractivity contribution in [3.8, 4) is 11.5 Å². The molecule has 2 aliphatic heterocycles. The Morgan fingerprint density at radius 1 is 1.04 bits per heavy atom. The van der Waals surface area contributed by atoms with E-state index in [9.17, 15) is 14.4 Å². The third-order valence-electron chi connectivity index (χ3n) is 8.72. The van der Waals surface area contributed by atoms with Crippen LogP contribution in [0.4, 0.5) is 4.79 Å². The molecule has 0 bridgehead atoms. The Bertz CT molecular complexity index is 1130. The van der Waals surface area contributed by atoms with Crippen LogP contribution in [0.3, 0.4) is 0 Å². The molecule has 0 saturated carbocycles. The average molecular weight is 648 g/mol. The van der Waals surface area contributed by atoms with Crippen LogP contribution < -0.4 is 14.8 Å². The summed E-state index contributed by atoms with van der Waals surface area (Å²) in [5.41, 5.74) is -0.130. The smallest absolute Gasteiger partial charge is 0.410 e. The van der Waals surface area contributed by atoms with E-state index in [0.717, 1.165) is 12.8 Å². The number of likely N-dealkylation sites (tertiary alicyclic amines) is 1. The van der Waals surface area contributed by atoms with Crippen LogP contribution in [0.25, 0.3) is 0 Å². The molecule has 0 spiro atoms. The monoisotopic (exact) mass is 647 g/mol. The highest BCUT2D eigenvalue weighted by molar-refractivity contribution is 5.95. The van der Waals surface area contributed by atoms with E-state index < -0.39 is 5.60 Å². The van der Waals surface area contributed by atoms with Gasteiger partial charge in [-0.1, -0.05) is 6.92 Å². The Morgan fingerprint density at radius 2 is 1.74 bits per heavy atom. The van der Waals surface area contributed by atoms with Crippen molar-refractivity contribution < 1.29 is 38.1 Å². The quantitative estimate of drug-likeness (QED) is 0.260. The maximum atomic E-state index is 14.0. The lowest BCUT2D eigenvalue weighted by Crippen LogP contribution is -2.44. The van der Waals surface area contributed by atoms with Crippen LogP contribution in [0.1, 0.15) is 84.0 Å². The highest BCUT2D eigenvalue weighted by atomic mass is 16.6. The number of nitrogens with one attached hydrogen (secondary N) is 1. The number of ether oxygens (including phenoxy) is 5. The van der Waals surface area contributed by atoms with Gasteiger partial charge < -0.3 is 38.8 Å². The van der Waals surface area contributed by atoms with Crippen LogP contribution in [0.2, 0.25) is 0 Å². The molecule has 46 heavy (non-hydrogen) atoms. The molecular formula is C35H57N3O8. The van der Waals surface area contributed by atoms with E-state index in [0.29, 0.717) is 82.4 Å². The second kappa shape index (κ2) is 17.8. The minimum Gasteiger partial charge on any atom is -0.493 e. The van der Waals surface area contributed by atoms with Gasteiger partial charge in [-0.25, -0.2) is 4.79 Å². The normalized spacial score (nSPS) is 19.5. The molecular weight excluding hydrogens is 590 g/mol. The zero-order chi connectivity index (χ0) is 33.9. The number of hydrogen-bond donors (Lipinski definition) is 1. The number of benzene rings is 1. The van der Waals surface area contributed by atoms with Crippen LogP contribution in [-0.2, 0) is 19.0 Å². The molecule has 0 aromatic heterocycles. The van der Waals surface area contributed by atoms with Gasteiger partial charge in [0.1, 0.15) is 5.60 Å². The lowest BCUT2D eigenvalue weighted by Gasteiger charge is -2.32. The SMILES string of the molecule is CC[C@@H](C[C@@H]1CN(C(=O)OC(C)(C)C)C[C@H]1CN(C(=O)c1ccc(OC)c(OCCCOC)c1)C(C)C)C(=O)NC1CCOCC1. The fourth-order valence-electron chi connectivity index (χ4n) is 6.13. The fraction of sp³-hybridized carbons (Fsp3) is 0.743. The van der Waals surface area contributed by atoms with Gasteiger partial charge in [-0.15, -0.1) is 0 Å². The zero-order valence-electron chi connectivity index (χ0n) is 29.3. The van der Waals surface area contributed by atoms with Crippen molar-refractivity contribution in [2.24, 2.45) is 17.8 Å². The molecule has 260 valence electrons. The maximum Gasteiger partial charge on any atom is 0.410 e. The third kappa shape index (κ3) is 11.0. The van der Waals surface area contributed by atoms with Gasteiger partial charge in [-0.2, -0.15) is 0 Å². The van der Waals surface area contributed by atoms with E-state index in [1.807, 2.05) is 46.4 Å². The van der Waals surface area contributed by atoms with Gasteiger partial charge in [-0.3, -0.25) is 9.59 Å². The molecule has 3 amide bonds. The summed E-state index contributed by atoms with van der Waals surface area (Å²) in [5.74, 6) is 0.767. The average Bonchev–Trinajstić information content (AvgIpc) is 3.42. The first kappa shape index (κ1) is 37.4. The van der Waals surface area contributed by atoms with Crippen LogP contribution in [0, 0.1) is 17.8 Å². The Hall–Kier alpha value is -3.05. The number of methoxy groups -OCH3 is 2. The maximum absolute atomic E-state index is 14.0. The molecule has 0 unspecified atom stereocenters. The molecule has 2 fully saturated rings. The summed E-state index contributed by atoms with van der Waals surface area (Å²) in [7, 11) is 3.22. The number of hydrogen-bond acceptors (Lipinski definition) is 8. The van der Waals surface area contributed by atoms with Crippen LogP contribution in [0.15, 0.2) is 18.2 Å². The van der Waals surface area contributed by atoms with Crippen molar-refractivity contribution in [1.29, 1.82) is 0 Å². The van der Waals surface area contributed by atoms with Gasteiger partial charge in [-0.05, 0) is 90.3 Å². The molecule has 3 atom stereocenters. The van der Waals surface area contributed by atoms with Gasteiger partial charge in [0, 0.05) is 76.6 Å². The first-order chi connectivity index (χ1) is 21.9. The second-order valence-corrected chi connectivity index (χ2v) is 13.8. The molecule has 2 aliphatic rings. The fourth-order valence-corrected chi connectivity index (χ4v) is 6.13. The molecule has 11 heteroatoms. The molecule has 2 saturated heterocycles. The predicted molar refractivity (Wildman–Crippen MR) is 176 cm³/mol. The lowest BCUT2D eigenvalue weighted by atomic mass is 9.84. The molecule has 0 aliphatic carbocycles. The summed E-state index contributed by atoms with van der Waals surface area (Å²) < 4.78 is 27.7. The third-order valence-corrected chi connectivity index (χ3v) is 8.72. The first-order valence-corrected chi connectivity index (χ1v) is 16.8. The van der Waals surface area contributed by atoms with Crippen molar-refractivity contribution in [2.75, 3.05) is 60.3 Å². The second-order valence-electron chi connectivity index (χ2n) is 13.8. The van der Waals surface area contributed by atoms with E-state index in [4.69, 9.17) is 23.7 Å². The topological polar surface area (TPSA) is 116 Å². The number of amides is 3. The van der Waals surface area contributed by atoms with Crippen molar-refractivity contribution in [1.82, 2.24) is 15.1 Å². The standard InChI is InChI=1S/C35H57N3O8/c1-9-25(32(39)36-29-13-17-44-18-14-29)19-27-21-37(34(41)46-35(4,5)6)22-28(27)23-38(24(2)3)33(40)26-11-12-30(43-8)31(20-26)45-16-10-15-42-7/h11-12,20,24-25,27-29H,9-10,13-19,21-23H2,1-8H3,(H,36,39)/t25-,27+,28-/m0/s1. The van der Waals surface area contributed by atoms with E-state index in [1.165, 1.54) is 0 Å². The van der Waals surface area contributed by atoms with Crippen LogP contribution >= 0.6 is 0 Å². The highest BCUT2D eigenvalue weighted by Gasteiger charge is 2.41. The minimum absolute atomic E-state index is 0.0162. The zero-order valence-corrected chi connectivity index (χ0v) is 29.3. The van der Waals surface area contributed by atoms with E-state index in [-0.39, 0.29) is 47.7 Å². The minimum atomic E-state index is -0.627. The number of rotatable bonds is 15. The van der Waals surface area contributed by atoms with Gasteiger partial charge in [0.15, 0.2) is 11.5 Å². The molecule has 1 aromatic rings. The van der Waals surface area contributed by atoms with Crippen molar-refractivity contribution >= 4 is 17.9 Å². The van der Waals surface area contributed by atoms with Gasteiger partial charge >= 0.3 is 6.09 Å². The summed E-state index contributed by atoms with van der Waals surface area (Å²) >= 11 is 0. The van der Waals surface area contributed by atoms with E-state index >= 15 is 0 Å². The summed E-state index contributed by atoms with van der Waals surface area (Å²) in [6.45, 7) is 15.3. The molecule has 11 nitrogen and oxygen atoms in total. The summed E-state index contributed by atoms with van der Waals surface area (Å²) in [5, 5.41) is 3.24. The van der Waals surface area contributed by atoms with Crippen molar-refractivity contribution in [2.45, 2.75) is 91.3 Å². The first-order valence-electron chi connectivity index (χ1n) is 16.8. The number of carbonyl (C=O) groups is 3. The summed E-state index contributed by atoms with van der Waals surface area (Å²) in [4.78, 5) is 44.3. The number of nitrogens with zero attached hydrogens (tertiary/aromatic N) is 2. The summed E-state index contributed by atoms with van der Waals surface area (Å²) in [6, 6.07) is 5.26. The van der Waals surface area contributed by atoms with Crippen LogP contribution in [0.5, 0.6) is 11.5 Å². The highest BCUT2D eigenvalue weighted by Crippen LogP contribution is 2.34. The molecule has 2 heterocycles. The van der Waals surface area contributed by atoms with Crippen molar-refractivity contribution in [3.05, 3.63) is 23.8 Å². The van der Waals surface area contributed by atoms with Gasteiger partial charge in [0.05, 0.1) is 13.7 Å². The Kier molecular flexibility index (Phi) is 14.4. The largest absolute Gasteiger partial charge is 0.493 e. The molecule has 1 N–H and O–H groups in total. The van der Waals surface area contributed by atoms with E-state index in [2.05, 4.69) is 5.32 Å². The lowest BCUT2D eigenvalue weighted by molar-refractivity contribution is -0.127. The Labute approximate surface area is 275 Å². The Morgan fingerprint density at radius 3 is 2.35 bits per heavy atom. The number of carbonyl (C=O) groups excluding carboxylic acids is 3.